The van der Waals surface area contributed by atoms with E-state index in [1.807, 2.05) is 13.8 Å². The molecular weight excluding hydrogens is 339 g/mol. The maximum absolute atomic E-state index is 13.0. The molecule has 5 nitrogen and oxygen atoms in total. The van der Waals surface area contributed by atoms with E-state index in [2.05, 4.69) is 21.9 Å². The lowest BCUT2D eigenvalue weighted by Gasteiger charge is -2.19. The second-order valence-electron chi connectivity index (χ2n) is 6.30. The molecule has 0 atom stereocenters. The van der Waals surface area contributed by atoms with Crippen LogP contribution in [0.15, 0.2) is 35.1 Å². The van der Waals surface area contributed by atoms with E-state index in [0.29, 0.717) is 18.1 Å². The van der Waals surface area contributed by atoms with Crippen molar-refractivity contribution in [1.82, 2.24) is 19.5 Å². The molecule has 0 saturated carbocycles. The average Bonchev–Trinajstić information content (AvgIpc) is 3.01. The first-order valence-electron chi connectivity index (χ1n) is 8.32. The highest BCUT2D eigenvalue weighted by atomic mass is 32.1. The molecule has 0 fully saturated rings. The van der Waals surface area contributed by atoms with E-state index in [9.17, 15) is 9.18 Å². The van der Waals surface area contributed by atoms with Crippen molar-refractivity contribution in [1.29, 1.82) is 0 Å². The van der Waals surface area contributed by atoms with E-state index in [4.69, 9.17) is 0 Å². The number of hydrogen-bond donors (Lipinski definition) is 0. The minimum atomic E-state index is -0.238. The summed E-state index contributed by atoms with van der Waals surface area (Å²) < 4.78 is 14.4. The molecule has 25 heavy (non-hydrogen) atoms. The van der Waals surface area contributed by atoms with Crippen molar-refractivity contribution >= 4 is 16.3 Å². The zero-order valence-corrected chi connectivity index (χ0v) is 15.4. The van der Waals surface area contributed by atoms with E-state index >= 15 is 0 Å². The minimum absolute atomic E-state index is 0.152. The van der Waals surface area contributed by atoms with Crippen molar-refractivity contribution in [2.24, 2.45) is 0 Å². The normalized spacial score (nSPS) is 11.8. The lowest BCUT2D eigenvalue weighted by atomic mass is 10.2. The fraction of sp³-hybridized carbons (Fsp3) is 0.389. The molecule has 3 rings (SSSR count). The molecule has 132 valence electrons. The number of aromatic nitrogens is 3. The van der Waals surface area contributed by atoms with E-state index in [1.165, 1.54) is 28.0 Å². The predicted molar refractivity (Wildman–Crippen MR) is 97.4 cm³/mol. The van der Waals surface area contributed by atoms with Crippen LogP contribution in [-0.4, -0.2) is 26.0 Å². The minimum Gasteiger partial charge on any atom is -0.294 e. The Balaban J connectivity index is 1.82. The third kappa shape index (κ3) is 4.11. The number of benzene rings is 1. The molecule has 0 N–H and O–H groups in total. The number of rotatable bonds is 6. The molecular formula is C18H21FN4OS. The smallest absolute Gasteiger partial charge is 0.275 e. The molecule has 0 aliphatic carbocycles. The van der Waals surface area contributed by atoms with Gasteiger partial charge in [0.2, 0.25) is 4.96 Å². The molecule has 0 spiro atoms. The molecule has 1 aromatic carbocycles. The Morgan fingerprint density at radius 2 is 1.96 bits per heavy atom. The van der Waals surface area contributed by atoms with Crippen LogP contribution in [-0.2, 0) is 13.1 Å². The Morgan fingerprint density at radius 1 is 1.24 bits per heavy atom. The van der Waals surface area contributed by atoms with Crippen molar-refractivity contribution in [3.8, 4) is 0 Å². The molecule has 0 radical (unpaired) electrons. The highest BCUT2D eigenvalue weighted by Crippen LogP contribution is 2.20. The van der Waals surface area contributed by atoms with Gasteiger partial charge in [0.25, 0.3) is 5.56 Å². The van der Waals surface area contributed by atoms with Gasteiger partial charge in [-0.1, -0.05) is 44.2 Å². The van der Waals surface area contributed by atoms with Gasteiger partial charge in [0.1, 0.15) is 10.8 Å². The zero-order valence-electron chi connectivity index (χ0n) is 14.6. The second kappa shape index (κ2) is 7.41. The summed E-state index contributed by atoms with van der Waals surface area (Å²) in [5.41, 5.74) is 1.61. The first-order chi connectivity index (χ1) is 12.0. The topological polar surface area (TPSA) is 50.5 Å². The summed E-state index contributed by atoms with van der Waals surface area (Å²) in [5, 5.41) is 5.24. The number of fused-ring (bicyclic) bond motifs is 1. The molecule has 2 aromatic heterocycles. The van der Waals surface area contributed by atoms with Gasteiger partial charge in [-0.25, -0.2) is 9.37 Å². The van der Waals surface area contributed by atoms with Gasteiger partial charge in [-0.3, -0.25) is 9.69 Å². The third-order valence-electron chi connectivity index (χ3n) is 3.96. The lowest BCUT2D eigenvalue weighted by molar-refractivity contribution is 0.268. The van der Waals surface area contributed by atoms with Crippen molar-refractivity contribution in [3.63, 3.8) is 0 Å². The molecule has 3 aromatic rings. The highest BCUT2D eigenvalue weighted by Gasteiger charge is 2.13. The van der Waals surface area contributed by atoms with Gasteiger partial charge >= 0.3 is 0 Å². The Hall–Kier alpha value is -2.12. The zero-order chi connectivity index (χ0) is 18.0. The van der Waals surface area contributed by atoms with Gasteiger partial charge in [-0.2, -0.15) is 9.61 Å². The van der Waals surface area contributed by atoms with Crippen LogP contribution in [0.1, 0.15) is 43.0 Å². The largest absolute Gasteiger partial charge is 0.294 e. The van der Waals surface area contributed by atoms with E-state index in [0.717, 1.165) is 22.8 Å². The Morgan fingerprint density at radius 3 is 2.60 bits per heavy atom. The standard InChI is InChI=1S/C18H21FN4OS/c1-4-22(10-13-5-7-14(19)8-6-13)11-15-9-16(24)23-18(20-15)25-17(21-23)12(2)3/h5-9,12H,4,10-11H2,1-3H3. The van der Waals surface area contributed by atoms with Crippen LogP contribution in [0, 0.1) is 5.82 Å². The Bertz CT molecular complexity index is 917. The van der Waals surface area contributed by atoms with Crippen molar-refractivity contribution < 1.29 is 4.39 Å². The molecule has 0 bridgehead atoms. The maximum atomic E-state index is 13.0. The molecule has 0 aliphatic rings. The van der Waals surface area contributed by atoms with Crippen LogP contribution < -0.4 is 5.56 Å². The quantitative estimate of drug-likeness (QED) is 0.676. The van der Waals surface area contributed by atoms with E-state index in [-0.39, 0.29) is 17.3 Å². The Kier molecular flexibility index (Phi) is 5.24. The maximum Gasteiger partial charge on any atom is 0.275 e. The molecule has 0 saturated heterocycles. The van der Waals surface area contributed by atoms with Crippen LogP contribution in [0.25, 0.3) is 4.96 Å². The first kappa shape index (κ1) is 17.7. The fourth-order valence-electron chi connectivity index (χ4n) is 2.54. The summed E-state index contributed by atoms with van der Waals surface area (Å²) in [7, 11) is 0. The van der Waals surface area contributed by atoms with Crippen LogP contribution in [0.4, 0.5) is 4.39 Å². The van der Waals surface area contributed by atoms with Gasteiger partial charge in [-0.05, 0) is 24.2 Å². The number of halogens is 1. The molecule has 0 unspecified atom stereocenters. The Labute approximate surface area is 149 Å². The summed E-state index contributed by atoms with van der Waals surface area (Å²) in [4.78, 5) is 19.7. The summed E-state index contributed by atoms with van der Waals surface area (Å²) in [5.74, 6) is 0.0262. The number of hydrogen-bond acceptors (Lipinski definition) is 5. The van der Waals surface area contributed by atoms with Crippen molar-refractivity contribution in [2.75, 3.05) is 6.54 Å². The summed E-state index contributed by atoms with van der Waals surface area (Å²) >= 11 is 1.45. The molecule has 0 amide bonds. The van der Waals surface area contributed by atoms with Gasteiger partial charge in [-0.15, -0.1) is 0 Å². The number of nitrogens with zero attached hydrogens (tertiary/aromatic N) is 4. The van der Waals surface area contributed by atoms with Crippen LogP contribution in [0.3, 0.4) is 0 Å². The SMILES string of the molecule is CCN(Cc1ccc(F)cc1)Cc1cc(=O)n2nc(C(C)C)sc2n1. The van der Waals surface area contributed by atoms with E-state index < -0.39 is 0 Å². The molecule has 7 heteroatoms. The van der Waals surface area contributed by atoms with Crippen LogP contribution in [0.5, 0.6) is 0 Å². The van der Waals surface area contributed by atoms with Gasteiger partial charge < -0.3 is 0 Å². The third-order valence-corrected chi connectivity index (χ3v) is 5.17. The summed E-state index contributed by atoms with van der Waals surface area (Å²) in [6, 6.07) is 8.03. The monoisotopic (exact) mass is 360 g/mol. The average molecular weight is 360 g/mol. The fourth-order valence-corrected chi connectivity index (χ4v) is 3.47. The van der Waals surface area contributed by atoms with Crippen molar-refractivity contribution in [3.05, 3.63) is 62.8 Å². The second-order valence-corrected chi connectivity index (χ2v) is 7.29. The predicted octanol–water partition coefficient (Wildman–Crippen LogP) is 3.44. The summed E-state index contributed by atoms with van der Waals surface area (Å²) in [6.07, 6.45) is 0. The lowest BCUT2D eigenvalue weighted by Crippen LogP contribution is -2.25. The highest BCUT2D eigenvalue weighted by molar-refractivity contribution is 7.16. The van der Waals surface area contributed by atoms with Gasteiger partial charge in [0, 0.05) is 25.1 Å². The van der Waals surface area contributed by atoms with E-state index in [1.54, 1.807) is 18.2 Å². The van der Waals surface area contributed by atoms with Crippen LogP contribution in [0.2, 0.25) is 0 Å². The van der Waals surface area contributed by atoms with Crippen molar-refractivity contribution in [2.45, 2.75) is 39.8 Å². The van der Waals surface area contributed by atoms with Gasteiger partial charge in [0.05, 0.1) is 5.69 Å². The van der Waals surface area contributed by atoms with Crippen LogP contribution >= 0.6 is 11.3 Å². The summed E-state index contributed by atoms with van der Waals surface area (Å²) in [6.45, 7) is 8.19. The molecule has 0 aliphatic heterocycles. The molecule has 2 heterocycles. The first-order valence-corrected chi connectivity index (χ1v) is 9.14. The van der Waals surface area contributed by atoms with Gasteiger partial charge in [0.15, 0.2) is 0 Å².